The van der Waals surface area contributed by atoms with E-state index in [2.05, 4.69) is 10.0 Å². The van der Waals surface area contributed by atoms with Crippen molar-refractivity contribution in [3.63, 3.8) is 0 Å². The number of carbonyl (C=O) groups excluding carboxylic acids is 1. The SMILES string of the molecule is CC(=O)Nc1ccc(S(=O)(=O)NCCC#N)cc1. The number of rotatable bonds is 5. The molecule has 0 saturated heterocycles. The highest BCUT2D eigenvalue weighted by Gasteiger charge is 2.12. The van der Waals surface area contributed by atoms with Gasteiger partial charge in [0.15, 0.2) is 0 Å². The standard InChI is InChI=1S/C11H13N3O3S/c1-9(15)14-10-3-5-11(6-4-10)18(16,17)13-8-2-7-12/h3-6,13H,2,8H2,1H3,(H,14,15). The molecule has 0 aromatic heterocycles. The van der Waals surface area contributed by atoms with E-state index < -0.39 is 10.0 Å². The number of nitrogens with one attached hydrogen (secondary N) is 2. The Morgan fingerprint density at radius 1 is 1.33 bits per heavy atom. The maximum absolute atomic E-state index is 11.7. The molecule has 1 aromatic carbocycles. The van der Waals surface area contributed by atoms with E-state index in [1.807, 2.05) is 6.07 Å². The van der Waals surface area contributed by atoms with Crippen LogP contribution < -0.4 is 10.0 Å². The summed E-state index contributed by atoms with van der Waals surface area (Å²) in [5.74, 6) is -0.224. The second kappa shape index (κ2) is 6.14. The number of hydrogen-bond donors (Lipinski definition) is 2. The summed E-state index contributed by atoms with van der Waals surface area (Å²) in [5, 5.41) is 10.9. The summed E-state index contributed by atoms with van der Waals surface area (Å²) >= 11 is 0. The lowest BCUT2D eigenvalue weighted by molar-refractivity contribution is -0.114. The number of nitriles is 1. The Morgan fingerprint density at radius 2 is 1.94 bits per heavy atom. The Hall–Kier alpha value is -1.91. The van der Waals surface area contributed by atoms with Gasteiger partial charge in [-0.1, -0.05) is 0 Å². The molecule has 1 amide bonds. The number of amides is 1. The van der Waals surface area contributed by atoms with Crippen LogP contribution in [-0.2, 0) is 14.8 Å². The van der Waals surface area contributed by atoms with Crippen LogP contribution in [0.1, 0.15) is 13.3 Å². The first kappa shape index (κ1) is 14.2. The van der Waals surface area contributed by atoms with Crippen LogP contribution in [-0.4, -0.2) is 20.9 Å². The molecule has 2 N–H and O–H groups in total. The lowest BCUT2D eigenvalue weighted by atomic mass is 10.3. The molecule has 1 rings (SSSR count). The number of anilines is 1. The summed E-state index contributed by atoms with van der Waals surface area (Å²) in [6.07, 6.45) is 0.114. The van der Waals surface area contributed by atoms with Crippen LogP contribution in [0.5, 0.6) is 0 Å². The highest BCUT2D eigenvalue weighted by molar-refractivity contribution is 7.89. The van der Waals surface area contributed by atoms with E-state index in [9.17, 15) is 13.2 Å². The van der Waals surface area contributed by atoms with Gasteiger partial charge in [-0.25, -0.2) is 13.1 Å². The number of nitrogens with zero attached hydrogens (tertiary/aromatic N) is 1. The predicted octanol–water partition coefficient (Wildman–Crippen LogP) is 0.837. The van der Waals surface area contributed by atoms with Gasteiger partial charge in [0.05, 0.1) is 11.0 Å². The smallest absolute Gasteiger partial charge is 0.240 e. The zero-order valence-corrected chi connectivity index (χ0v) is 10.6. The van der Waals surface area contributed by atoms with Gasteiger partial charge < -0.3 is 5.32 Å². The van der Waals surface area contributed by atoms with Crippen molar-refractivity contribution < 1.29 is 13.2 Å². The molecule has 0 spiro atoms. The van der Waals surface area contributed by atoms with Crippen LogP contribution in [0.25, 0.3) is 0 Å². The van der Waals surface area contributed by atoms with Crippen molar-refractivity contribution in [2.24, 2.45) is 0 Å². The van der Waals surface area contributed by atoms with Crippen LogP contribution in [0.15, 0.2) is 29.2 Å². The Balaban J connectivity index is 2.78. The predicted molar refractivity (Wildman–Crippen MR) is 66.2 cm³/mol. The third-order valence-electron chi connectivity index (χ3n) is 2.01. The molecular formula is C11H13N3O3S. The quantitative estimate of drug-likeness (QED) is 0.772. The van der Waals surface area contributed by atoms with Crippen LogP contribution in [0, 0.1) is 11.3 Å². The third-order valence-corrected chi connectivity index (χ3v) is 3.49. The topological polar surface area (TPSA) is 99.1 Å². The zero-order valence-electron chi connectivity index (χ0n) is 9.80. The van der Waals surface area contributed by atoms with E-state index in [-0.39, 0.29) is 23.8 Å². The average molecular weight is 267 g/mol. The fraction of sp³-hybridized carbons (Fsp3) is 0.273. The summed E-state index contributed by atoms with van der Waals surface area (Å²) < 4.78 is 25.8. The van der Waals surface area contributed by atoms with Gasteiger partial charge in [-0.2, -0.15) is 5.26 Å². The van der Waals surface area contributed by atoms with Gasteiger partial charge in [-0.15, -0.1) is 0 Å². The average Bonchev–Trinajstić information content (AvgIpc) is 2.29. The van der Waals surface area contributed by atoms with Crippen molar-refractivity contribution in [1.29, 1.82) is 5.26 Å². The molecule has 0 aliphatic heterocycles. The maximum Gasteiger partial charge on any atom is 0.240 e. The van der Waals surface area contributed by atoms with E-state index >= 15 is 0 Å². The van der Waals surface area contributed by atoms with Crippen molar-refractivity contribution in [3.8, 4) is 6.07 Å². The van der Waals surface area contributed by atoms with E-state index in [0.717, 1.165) is 0 Å². The first-order chi connectivity index (χ1) is 8.45. The molecule has 0 aliphatic carbocycles. The van der Waals surface area contributed by atoms with Gasteiger partial charge in [-0.05, 0) is 24.3 Å². The van der Waals surface area contributed by atoms with E-state index in [1.165, 1.54) is 31.2 Å². The largest absolute Gasteiger partial charge is 0.326 e. The molecule has 0 radical (unpaired) electrons. The summed E-state index contributed by atoms with van der Waals surface area (Å²) in [6.45, 7) is 1.44. The molecule has 0 heterocycles. The molecule has 0 unspecified atom stereocenters. The van der Waals surface area contributed by atoms with Crippen LogP contribution in [0.2, 0.25) is 0 Å². The molecule has 0 bridgehead atoms. The van der Waals surface area contributed by atoms with Crippen molar-refractivity contribution in [2.45, 2.75) is 18.2 Å². The van der Waals surface area contributed by atoms with Crippen LogP contribution in [0.3, 0.4) is 0 Å². The highest BCUT2D eigenvalue weighted by atomic mass is 32.2. The van der Waals surface area contributed by atoms with Crippen molar-refractivity contribution >= 4 is 21.6 Å². The van der Waals surface area contributed by atoms with E-state index in [4.69, 9.17) is 5.26 Å². The molecule has 0 aliphatic rings. The van der Waals surface area contributed by atoms with Gasteiger partial charge >= 0.3 is 0 Å². The first-order valence-corrected chi connectivity index (χ1v) is 6.68. The lowest BCUT2D eigenvalue weighted by Crippen LogP contribution is -2.24. The van der Waals surface area contributed by atoms with Gasteiger partial charge in [0.2, 0.25) is 15.9 Å². The monoisotopic (exact) mass is 267 g/mol. The third kappa shape index (κ3) is 4.16. The molecule has 0 saturated carbocycles. The Kier molecular flexibility index (Phi) is 4.83. The van der Waals surface area contributed by atoms with E-state index in [1.54, 1.807) is 0 Å². The van der Waals surface area contributed by atoms with Gasteiger partial charge in [0.25, 0.3) is 0 Å². The molecule has 1 aromatic rings. The van der Waals surface area contributed by atoms with Gasteiger partial charge in [0.1, 0.15) is 0 Å². The summed E-state index contributed by atoms with van der Waals surface area (Å²) in [5.41, 5.74) is 0.526. The maximum atomic E-state index is 11.7. The molecule has 18 heavy (non-hydrogen) atoms. The second-order valence-electron chi connectivity index (χ2n) is 3.51. The molecule has 96 valence electrons. The fourth-order valence-electron chi connectivity index (χ4n) is 1.25. The van der Waals surface area contributed by atoms with Crippen molar-refractivity contribution in [1.82, 2.24) is 4.72 Å². The van der Waals surface area contributed by atoms with Gasteiger partial charge in [0, 0.05) is 25.6 Å². The number of benzene rings is 1. The summed E-state index contributed by atoms with van der Waals surface area (Å²) in [4.78, 5) is 10.9. The second-order valence-corrected chi connectivity index (χ2v) is 5.28. The number of hydrogen-bond acceptors (Lipinski definition) is 4. The summed E-state index contributed by atoms with van der Waals surface area (Å²) in [7, 11) is -3.59. The van der Waals surface area contributed by atoms with Crippen LogP contribution >= 0.6 is 0 Å². The van der Waals surface area contributed by atoms with Crippen LogP contribution in [0.4, 0.5) is 5.69 Å². The minimum Gasteiger partial charge on any atom is -0.326 e. The first-order valence-electron chi connectivity index (χ1n) is 5.20. The van der Waals surface area contributed by atoms with Crippen molar-refractivity contribution in [2.75, 3.05) is 11.9 Å². The molecular weight excluding hydrogens is 254 g/mol. The van der Waals surface area contributed by atoms with E-state index in [0.29, 0.717) is 5.69 Å². The normalized spacial score (nSPS) is 10.7. The molecule has 0 fully saturated rings. The zero-order chi connectivity index (χ0) is 13.6. The number of sulfonamides is 1. The Labute approximate surface area is 106 Å². The molecule has 0 atom stereocenters. The Bertz CT molecular complexity index is 558. The number of carbonyl (C=O) groups is 1. The Morgan fingerprint density at radius 3 is 2.44 bits per heavy atom. The van der Waals surface area contributed by atoms with Crippen molar-refractivity contribution in [3.05, 3.63) is 24.3 Å². The highest BCUT2D eigenvalue weighted by Crippen LogP contribution is 2.13. The minimum atomic E-state index is -3.59. The molecule has 7 heteroatoms. The minimum absolute atomic E-state index is 0.0757. The lowest BCUT2D eigenvalue weighted by Gasteiger charge is -2.06. The fourth-order valence-corrected chi connectivity index (χ4v) is 2.28. The van der Waals surface area contributed by atoms with Gasteiger partial charge in [-0.3, -0.25) is 4.79 Å². The molecule has 6 nitrogen and oxygen atoms in total. The summed E-state index contributed by atoms with van der Waals surface area (Å²) in [6, 6.07) is 7.63.